The summed E-state index contributed by atoms with van der Waals surface area (Å²) in [6, 6.07) is 7.77. The lowest BCUT2D eigenvalue weighted by Crippen LogP contribution is -2.50. The van der Waals surface area contributed by atoms with Gasteiger partial charge in [-0.15, -0.1) is 0 Å². The standard InChI is InChI=1S/C15H18ClN3O2/c16-12-2-1-3-13(9-12)18-4-6-19(7-5-18)15(21)11-8-14(20)17-10-11/h1-3,9,11H,4-8,10H2,(H,17,20). The smallest absolute Gasteiger partial charge is 0.228 e. The average Bonchev–Trinajstić information content (AvgIpc) is 2.93. The number of halogens is 1. The summed E-state index contributed by atoms with van der Waals surface area (Å²) in [6.07, 6.45) is 0.327. The zero-order valence-electron chi connectivity index (χ0n) is 11.7. The fourth-order valence-electron chi connectivity index (χ4n) is 2.90. The molecule has 2 aliphatic rings. The van der Waals surface area contributed by atoms with Crippen LogP contribution in [0, 0.1) is 5.92 Å². The van der Waals surface area contributed by atoms with Crippen LogP contribution >= 0.6 is 11.6 Å². The number of carbonyl (C=O) groups is 2. The van der Waals surface area contributed by atoms with Gasteiger partial charge in [-0.2, -0.15) is 0 Å². The molecule has 5 nitrogen and oxygen atoms in total. The predicted molar refractivity (Wildman–Crippen MR) is 81.4 cm³/mol. The summed E-state index contributed by atoms with van der Waals surface area (Å²) < 4.78 is 0. The van der Waals surface area contributed by atoms with Crippen molar-refractivity contribution in [2.75, 3.05) is 37.6 Å². The van der Waals surface area contributed by atoms with E-state index < -0.39 is 0 Å². The van der Waals surface area contributed by atoms with Gasteiger partial charge in [0.25, 0.3) is 0 Å². The van der Waals surface area contributed by atoms with Gasteiger partial charge in [0.15, 0.2) is 0 Å². The van der Waals surface area contributed by atoms with E-state index >= 15 is 0 Å². The summed E-state index contributed by atoms with van der Waals surface area (Å²) in [4.78, 5) is 27.6. The highest BCUT2D eigenvalue weighted by Gasteiger charge is 2.32. The van der Waals surface area contributed by atoms with Crippen LogP contribution in [0.3, 0.4) is 0 Å². The number of rotatable bonds is 2. The van der Waals surface area contributed by atoms with Crippen molar-refractivity contribution in [2.24, 2.45) is 5.92 Å². The van der Waals surface area contributed by atoms with Crippen molar-refractivity contribution >= 4 is 29.1 Å². The van der Waals surface area contributed by atoms with Crippen molar-refractivity contribution in [3.63, 3.8) is 0 Å². The van der Waals surface area contributed by atoms with E-state index in [-0.39, 0.29) is 17.7 Å². The van der Waals surface area contributed by atoms with E-state index in [4.69, 9.17) is 11.6 Å². The van der Waals surface area contributed by atoms with Crippen molar-refractivity contribution in [2.45, 2.75) is 6.42 Å². The average molecular weight is 308 g/mol. The molecule has 1 N–H and O–H groups in total. The van der Waals surface area contributed by atoms with E-state index in [1.54, 1.807) is 0 Å². The zero-order chi connectivity index (χ0) is 14.8. The van der Waals surface area contributed by atoms with Crippen LogP contribution in [0.5, 0.6) is 0 Å². The van der Waals surface area contributed by atoms with Gasteiger partial charge in [0.1, 0.15) is 0 Å². The number of nitrogens with one attached hydrogen (secondary N) is 1. The number of nitrogens with zero attached hydrogens (tertiary/aromatic N) is 2. The molecule has 1 unspecified atom stereocenters. The van der Waals surface area contributed by atoms with Gasteiger partial charge in [-0.1, -0.05) is 17.7 Å². The molecule has 2 amide bonds. The molecular weight excluding hydrogens is 290 g/mol. The molecule has 3 rings (SSSR count). The quantitative estimate of drug-likeness (QED) is 0.891. The van der Waals surface area contributed by atoms with E-state index in [2.05, 4.69) is 10.2 Å². The van der Waals surface area contributed by atoms with E-state index in [0.29, 0.717) is 26.1 Å². The van der Waals surface area contributed by atoms with Crippen LogP contribution in [-0.2, 0) is 9.59 Å². The van der Waals surface area contributed by atoms with Gasteiger partial charge in [-0.25, -0.2) is 0 Å². The topological polar surface area (TPSA) is 52.7 Å². The first-order valence-electron chi connectivity index (χ1n) is 7.19. The molecular formula is C15H18ClN3O2. The van der Waals surface area contributed by atoms with Gasteiger partial charge in [-0.3, -0.25) is 9.59 Å². The minimum absolute atomic E-state index is 0.0223. The van der Waals surface area contributed by atoms with Crippen LogP contribution in [0.4, 0.5) is 5.69 Å². The Bertz CT molecular complexity index is 556. The van der Waals surface area contributed by atoms with Crippen molar-refractivity contribution in [3.05, 3.63) is 29.3 Å². The maximum atomic E-state index is 12.3. The Labute approximate surface area is 128 Å². The lowest BCUT2D eigenvalue weighted by molar-refractivity contribution is -0.136. The Hall–Kier alpha value is -1.75. The third-order valence-corrected chi connectivity index (χ3v) is 4.33. The van der Waals surface area contributed by atoms with Crippen LogP contribution in [0.15, 0.2) is 24.3 Å². The normalized spacial score (nSPS) is 22.3. The Morgan fingerprint density at radius 1 is 1.24 bits per heavy atom. The number of amides is 2. The van der Waals surface area contributed by atoms with Gasteiger partial charge in [0.2, 0.25) is 11.8 Å². The Morgan fingerprint density at radius 2 is 2.00 bits per heavy atom. The molecule has 21 heavy (non-hydrogen) atoms. The highest BCUT2D eigenvalue weighted by atomic mass is 35.5. The Balaban J connectivity index is 1.57. The lowest BCUT2D eigenvalue weighted by atomic mass is 10.1. The molecule has 2 saturated heterocycles. The largest absolute Gasteiger partial charge is 0.368 e. The number of hydrogen-bond donors (Lipinski definition) is 1. The molecule has 0 bridgehead atoms. The van der Waals surface area contributed by atoms with Gasteiger partial charge in [0, 0.05) is 49.9 Å². The highest BCUT2D eigenvalue weighted by Crippen LogP contribution is 2.22. The molecule has 2 fully saturated rings. The summed E-state index contributed by atoms with van der Waals surface area (Å²) in [5.41, 5.74) is 1.09. The lowest BCUT2D eigenvalue weighted by Gasteiger charge is -2.37. The number of benzene rings is 1. The van der Waals surface area contributed by atoms with Gasteiger partial charge < -0.3 is 15.1 Å². The molecule has 1 aromatic carbocycles. The molecule has 0 spiro atoms. The third-order valence-electron chi connectivity index (χ3n) is 4.09. The van der Waals surface area contributed by atoms with E-state index in [0.717, 1.165) is 23.8 Å². The molecule has 0 saturated carbocycles. The number of carbonyl (C=O) groups excluding carboxylic acids is 2. The maximum Gasteiger partial charge on any atom is 0.228 e. The molecule has 1 atom stereocenters. The second kappa shape index (κ2) is 5.93. The van der Waals surface area contributed by atoms with E-state index in [9.17, 15) is 9.59 Å². The summed E-state index contributed by atoms with van der Waals surface area (Å²) in [6.45, 7) is 3.44. The fraction of sp³-hybridized carbons (Fsp3) is 0.467. The van der Waals surface area contributed by atoms with Gasteiger partial charge in [-0.05, 0) is 18.2 Å². The van der Waals surface area contributed by atoms with Crippen LogP contribution < -0.4 is 10.2 Å². The SMILES string of the molecule is O=C1CC(C(=O)N2CCN(c3cccc(Cl)c3)CC2)CN1. The molecule has 0 aromatic heterocycles. The third kappa shape index (κ3) is 3.13. The Kier molecular flexibility index (Phi) is 4.01. The zero-order valence-corrected chi connectivity index (χ0v) is 12.5. The Morgan fingerprint density at radius 3 is 2.62 bits per heavy atom. The highest BCUT2D eigenvalue weighted by molar-refractivity contribution is 6.30. The van der Waals surface area contributed by atoms with E-state index in [1.165, 1.54) is 0 Å². The maximum absolute atomic E-state index is 12.3. The first-order valence-corrected chi connectivity index (χ1v) is 7.57. The minimum Gasteiger partial charge on any atom is -0.368 e. The summed E-state index contributed by atoms with van der Waals surface area (Å²) in [7, 11) is 0. The first kappa shape index (κ1) is 14.2. The molecule has 0 aliphatic carbocycles. The summed E-state index contributed by atoms with van der Waals surface area (Å²) in [5.74, 6) is -0.111. The molecule has 2 aliphatic heterocycles. The predicted octanol–water partition coefficient (Wildman–Crippen LogP) is 1.12. The van der Waals surface area contributed by atoms with Crippen LogP contribution in [0.2, 0.25) is 5.02 Å². The van der Waals surface area contributed by atoms with Crippen LogP contribution in [0.25, 0.3) is 0 Å². The second-order valence-electron chi connectivity index (χ2n) is 5.50. The number of piperazine rings is 1. The molecule has 112 valence electrons. The van der Waals surface area contributed by atoms with Crippen molar-refractivity contribution in [3.8, 4) is 0 Å². The molecule has 6 heteroatoms. The van der Waals surface area contributed by atoms with Crippen LogP contribution in [0.1, 0.15) is 6.42 Å². The number of hydrogen-bond acceptors (Lipinski definition) is 3. The van der Waals surface area contributed by atoms with Gasteiger partial charge in [0.05, 0.1) is 5.92 Å². The van der Waals surface area contributed by atoms with Crippen molar-refractivity contribution < 1.29 is 9.59 Å². The van der Waals surface area contributed by atoms with Gasteiger partial charge >= 0.3 is 0 Å². The van der Waals surface area contributed by atoms with Crippen molar-refractivity contribution in [1.29, 1.82) is 0 Å². The fourth-order valence-corrected chi connectivity index (χ4v) is 3.08. The molecule has 2 heterocycles. The number of anilines is 1. The van der Waals surface area contributed by atoms with Crippen molar-refractivity contribution in [1.82, 2.24) is 10.2 Å². The molecule has 1 aromatic rings. The minimum atomic E-state index is -0.185. The summed E-state index contributed by atoms with van der Waals surface area (Å²) in [5, 5.41) is 3.44. The monoisotopic (exact) mass is 307 g/mol. The summed E-state index contributed by atoms with van der Waals surface area (Å²) >= 11 is 6.01. The van der Waals surface area contributed by atoms with E-state index in [1.807, 2.05) is 29.2 Å². The molecule has 0 radical (unpaired) electrons. The van der Waals surface area contributed by atoms with Crippen LogP contribution in [-0.4, -0.2) is 49.4 Å². The first-order chi connectivity index (χ1) is 10.1. The second-order valence-corrected chi connectivity index (χ2v) is 5.93.